The average molecular weight is 537 g/mol. The first kappa shape index (κ1) is 35.7. The van der Waals surface area contributed by atoms with Gasteiger partial charge in [0, 0.05) is 6.61 Å². The van der Waals surface area contributed by atoms with E-state index in [1.54, 1.807) is 0 Å². The molecule has 2 N–H and O–H groups in total. The molecule has 2 atom stereocenters. The molecule has 0 aromatic heterocycles. The third-order valence-corrected chi connectivity index (χ3v) is 7.04. The van der Waals surface area contributed by atoms with Crippen molar-refractivity contribution >= 4 is 7.82 Å². The third kappa shape index (κ3) is 28.3. The maximum atomic E-state index is 11.8. The highest BCUT2D eigenvalue weighted by Crippen LogP contribution is 2.43. The average Bonchev–Trinajstić information content (AvgIpc) is 2.80. The summed E-state index contributed by atoms with van der Waals surface area (Å²) in [6.45, 7) is 3.35. The molecule has 0 aliphatic heterocycles. The number of allylic oxidation sites excluding steroid dienone is 2. The van der Waals surface area contributed by atoms with Crippen molar-refractivity contribution in [2.24, 2.45) is 0 Å². The van der Waals surface area contributed by atoms with Crippen LogP contribution in [-0.2, 0) is 18.3 Å². The van der Waals surface area contributed by atoms with Gasteiger partial charge in [0.15, 0.2) is 0 Å². The quantitative estimate of drug-likeness (QED) is 0.0508. The molecule has 0 radical (unpaired) electrons. The Labute approximate surface area is 222 Å². The fourth-order valence-electron chi connectivity index (χ4n) is 3.72. The van der Waals surface area contributed by atoms with Gasteiger partial charge in [0.2, 0.25) is 0 Å². The molecule has 8 heteroatoms. The van der Waals surface area contributed by atoms with E-state index in [2.05, 4.69) is 19.1 Å². The number of quaternary nitrogens is 1. The van der Waals surface area contributed by atoms with Gasteiger partial charge in [-0.25, -0.2) is 4.57 Å². The normalized spacial score (nSPS) is 14.9. The molecule has 0 saturated carbocycles. The van der Waals surface area contributed by atoms with E-state index >= 15 is 0 Å². The molecule has 0 aliphatic rings. The third-order valence-electron chi connectivity index (χ3n) is 6.06. The molecule has 0 aromatic carbocycles. The summed E-state index contributed by atoms with van der Waals surface area (Å²) in [4.78, 5) is 9.65. The Morgan fingerprint density at radius 3 is 1.75 bits per heavy atom. The minimum absolute atomic E-state index is 0.0896. The number of nitrogens with zero attached hydrogens (tertiary/aromatic N) is 1. The standard InChI is InChI=1S/C28H58NO6P/c1-5-6-7-8-9-10-11-12-13-14-15-16-17-18-19-20-21-22-24-33-26-28(30)27-35-36(31,32)34-25-23-29(2,3)4/h12-13,28,30H,5-11,14-27H2,1-4H3/p+1/b13-12-. The van der Waals surface area contributed by atoms with Crippen molar-refractivity contribution < 1.29 is 32.8 Å². The molecule has 7 nitrogen and oxygen atoms in total. The minimum atomic E-state index is -4.14. The molecule has 0 spiro atoms. The van der Waals surface area contributed by atoms with Crippen LogP contribution in [0.4, 0.5) is 0 Å². The molecule has 0 aromatic rings. The lowest BCUT2D eigenvalue weighted by atomic mass is 10.1. The zero-order valence-electron chi connectivity index (χ0n) is 24.0. The van der Waals surface area contributed by atoms with Crippen LogP contribution in [0.2, 0.25) is 0 Å². The first-order valence-corrected chi connectivity index (χ1v) is 16.0. The van der Waals surface area contributed by atoms with Crippen molar-refractivity contribution in [1.29, 1.82) is 0 Å². The smallest absolute Gasteiger partial charge is 0.388 e. The Morgan fingerprint density at radius 2 is 1.22 bits per heavy atom. The summed E-state index contributed by atoms with van der Waals surface area (Å²) in [6.07, 6.45) is 24.4. The molecule has 0 amide bonds. The molecule has 0 bridgehead atoms. The Balaban J connectivity index is 3.39. The molecule has 0 heterocycles. The van der Waals surface area contributed by atoms with Gasteiger partial charge in [-0.1, -0.05) is 89.7 Å². The summed E-state index contributed by atoms with van der Waals surface area (Å²) in [7, 11) is 1.75. The molecule has 0 fully saturated rings. The summed E-state index contributed by atoms with van der Waals surface area (Å²) in [5.74, 6) is 0. The molecule has 216 valence electrons. The lowest BCUT2D eigenvalue weighted by Gasteiger charge is -2.24. The second-order valence-corrected chi connectivity index (χ2v) is 12.4. The van der Waals surface area contributed by atoms with Crippen LogP contribution in [0.3, 0.4) is 0 Å². The highest BCUT2D eigenvalue weighted by Gasteiger charge is 2.24. The molecule has 36 heavy (non-hydrogen) atoms. The van der Waals surface area contributed by atoms with Crippen LogP contribution >= 0.6 is 7.82 Å². The zero-order chi connectivity index (χ0) is 27.0. The summed E-state index contributed by atoms with van der Waals surface area (Å²) in [6, 6.07) is 0. The number of ether oxygens (including phenoxy) is 1. The molecule has 0 rings (SSSR count). The van der Waals surface area contributed by atoms with E-state index in [1.807, 2.05) is 21.1 Å². The van der Waals surface area contributed by atoms with Crippen molar-refractivity contribution in [3.05, 3.63) is 12.2 Å². The Kier molecular flexibility index (Phi) is 23.6. The second kappa shape index (κ2) is 23.8. The predicted molar refractivity (Wildman–Crippen MR) is 150 cm³/mol. The SMILES string of the molecule is CCCCCCCC/C=C\CCCCCCCCCCOCC(O)COP(=O)(O)OCC[N+](C)(C)C. The molecule has 0 aliphatic carbocycles. The maximum Gasteiger partial charge on any atom is 0.472 e. The summed E-state index contributed by atoms with van der Waals surface area (Å²) >= 11 is 0. The highest BCUT2D eigenvalue weighted by molar-refractivity contribution is 7.47. The number of aliphatic hydroxyl groups excluding tert-OH is 1. The number of hydrogen-bond donors (Lipinski definition) is 2. The van der Waals surface area contributed by atoms with Gasteiger partial charge in [-0.05, 0) is 32.1 Å². The highest BCUT2D eigenvalue weighted by atomic mass is 31.2. The van der Waals surface area contributed by atoms with Crippen LogP contribution in [0.25, 0.3) is 0 Å². The number of phosphoric ester groups is 1. The summed E-state index contributed by atoms with van der Waals surface area (Å²) in [5, 5.41) is 9.87. The van der Waals surface area contributed by atoms with E-state index in [4.69, 9.17) is 13.8 Å². The van der Waals surface area contributed by atoms with Gasteiger partial charge in [0.1, 0.15) is 19.3 Å². The van der Waals surface area contributed by atoms with Crippen LogP contribution < -0.4 is 0 Å². The topological polar surface area (TPSA) is 85.2 Å². The monoisotopic (exact) mass is 536 g/mol. The van der Waals surface area contributed by atoms with E-state index in [0.717, 1.165) is 12.8 Å². The number of phosphoric acid groups is 1. The van der Waals surface area contributed by atoms with Crippen LogP contribution in [0.5, 0.6) is 0 Å². The van der Waals surface area contributed by atoms with Gasteiger partial charge in [0.25, 0.3) is 0 Å². The van der Waals surface area contributed by atoms with Gasteiger partial charge in [0.05, 0.1) is 34.4 Å². The fourth-order valence-corrected chi connectivity index (χ4v) is 4.47. The number of aliphatic hydroxyl groups is 1. The largest absolute Gasteiger partial charge is 0.472 e. The van der Waals surface area contributed by atoms with Gasteiger partial charge < -0.3 is 19.2 Å². The molecular weight excluding hydrogens is 477 g/mol. The molecular formula is C28H59NO6P+. The number of likely N-dealkylation sites (N-methyl/N-ethyl adjacent to an activating group) is 1. The van der Waals surface area contributed by atoms with Crippen molar-refractivity contribution in [3.63, 3.8) is 0 Å². The van der Waals surface area contributed by atoms with Crippen molar-refractivity contribution in [2.75, 3.05) is 54.1 Å². The van der Waals surface area contributed by atoms with Crippen molar-refractivity contribution in [3.8, 4) is 0 Å². The van der Waals surface area contributed by atoms with E-state index in [0.29, 0.717) is 17.6 Å². The predicted octanol–water partition coefficient (Wildman–Crippen LogP) is 7.02. The van der Waals surface area contributed by atoms with Gasteiger partial charge in [-0.2, -0.15) is 0 Å². The van der Waals surface area contributed by atoms with E-state index in [-0.39, 0.29) is 19.8 Å². The Bertz CT molecular complexity index is 553. The Hall–Kier alpha value is -0.270. The van der Waals surface area contributed by atoms with E-state index in [1.165, 1.54) is 89.9 Å². The van der Waals surface area contributed by atoms with Crippen molar-refractivity contribution in [1.82, 2.24) is 0 Å². The fraction of sp³-hybridized carbons (Fsp3) is 0.929. The zero-order valence-corrected chi connectivity index (χ0v) is 24.9. The number of unbranched alkanes of at least 4 members (excludes halogenated alkanes) is 14. The van der Waals surface area contributed by atoms with Gasteiger partial charge in [-0.15, -0.1) is 0 Å². The van der Waals surface area contributed by atoms with Crippen LogP contribution in [0.1, 0.15) is 110 Å². The lowest BCUT2D eigenvalue weighted by Crippen LogP contribution is -2.37. The van der Waals surface area contributed by atoms with Gasteiger partial charge >= 0.3 is 7.82 Å². The van der Waals surface area contributed by atoms with Crippen LogP contribution in [0.15, 0.2) is 12.2 Å². The van der Waals surface area contributed by atoms with Crippen LogP contribution in [0, 0.1) is 0 Å². The van der Waals surface area contributed by atoms with Gasteiger partial charge in [-0.3, -0.25) is 9.05 Å². The number of rotatable bonds is 27. The Morgan fingerprint density at radius 1 is 0.722 bits per heavy atom. The van der Waals surface area contributed by atoms with E-state index in [9.17, 15) is 14.6 Å². The van der Waals surface area contributed by atoms with Crippen LogP contribution in [-0.4, -0.2) is 74.7 Å². The second-order valence-electron chi connectivity index (χ2n) is 11.0. The first-order chi connectivity index (χ1) is 17.2. The minimum Gasteiger partial charge on any atom is -0.388 e. The van der Waals surface area contributed by atoms with Crippen molar-refractivity contribution in [2.45, 2.75) is 116 Å². The summed E-state index contributed by atoms with van der Waals surface area (Å²) in [5.41, 5.74) is 0. The molecule has 0 saturated heterocycles. The summed E-state index contributed by atoms with van der Waals surface area (Å²) < 4.78 is 27.7. The molecule has 2 unspecified atom stereocenters. The van der Waals surface area contributed by atoms with E-state index < -0.39 is 13.9 Å². The number of hydrogen-bond acceptors (Lipinski definition) is 5. The first-order valence-electron chi connectivity index (χ1n) is 14.5. The maximum absolute atomic E-state index is 11.8. The lowest BCUT2D eigenvalue weighted by molar-refractivity contribution is -0.870.